The maximum atomic E-state index is 15.8. The lowest BCUT2D eigenvalue weighted by atomic mass is 9.85. The molecule has 708 valence electrons. The summed E-state index contributed by atoms with van der Waals surface area (Å²) in [5, 5.41) is 30.3. The maximum absolute atomic E-state index is 15.8. The van der Waals surface area contributed by atoms with Crippen LogP contribution < -0.4 is 40.8 Å². The summed E-state index contributed by atoms with van der Waals surface area (Å²) >= 11 is 0. The average molecular weight is 1840 g/mol. The van der Waals surface area contributed by atoms with E-state index in [4.69, 9.17) is 29.2 Å². The fraction of sp³-hybridized carbons (Fsp3) is 0.500. The molecule has 0 aliphatic carbocycles. The van der Waals surface area contributed by atoms with Gasteiger partial charge in [0.2, 0.25) is 57.3 Å². The molecular weight excluding hydrogens is 1710 g/mol. The van der Waals surface area contributed by atoms with E-state index in [9.17, 15) is 37.2 Å². The lowest BCUT2D eigenvalue weighted by Crippen LogP contribution is -2.61. The molecule has 10 amide bonds. The highest BCUT2D eigenvalue weighted by atomic mass is 32.2. The number of rotatable bonds is 19. The second-order valence-corrected chi connectivity index (χ2v) is 40.1. The number of benzene rings is 6. The molecule has 7 aromatic rings. The number of aromatic nitrogens is 3. The second kappa shape index (κ2) is 43.8. The van der Waals surface area contributed by atoms with E-state index >= 15 is 28.8 Å². The first-order valence-corrected chi connectivity index (χ1v) is 45.9. The molecule has 132 heavy (non-hydrogen) atoms. The van der Waals surface area contributed by atoms with E-state index in [2.05, 4.69) is 51.6 Å². The number of carbonyl (C=O) groups is 12. The number of nitrogens with zero attached hydrogens (tertiary/aromatic N) is 10. The number of hydrogen-bond acceptors (Lipinski definition) is 22. The van der Waals surface area contributed by atoms with Crippen LogP contribution in [0, 0.1) is 22.7 Å². The number of ketones is 1. The molecule has 1 aromatic heterocycles. The molecule has 12 atom stereocenters. The topological polar surface area (TPSA) is 450 Å². The van der Waals surface area contributed by atoms with Crippen LogP contribution in [0.3, 0.4) is 0 Å². The van der Waals surface area contributed by atoms with Gasteiger partial charge in [-0.15, -0.1) is 5.10 Å². The van der Waals surface area contributed by atoms with Gasteiger partial charge in [-0.05, 0) is 178 Å². The number of methoxy groups -OCH3 is 1. The number of hydrogen-bond donors (Lipinski definition) is 6. The zero-order valence-electron chi connectivity index (χ0n) is 78.1. The summed E-state index contributed by atoms with van der Waals surface area (Å²) in [4.78, 5) is 185. The number of ether oxygens (including phenoxy) is 5. The zero-order chi connectivity index (χ0) is 96.5. The predicted octanol–water partition coefficient (Wildman–Crippen LogP) is 10.1. The third-order valence-electron chi connectivity index (χ3n) is 23.4. The van der Waals surface area contributed by atoms with Crippen molar-refractivity contribution in [2.45, 2.75) is 233 Å². The third kappa shape index (κ3) is 28.0. The molecule has 35 nitrogen and oxygen atoms in total. The van der Waals surface area contributed by atoms with Crippen molar-refractivity contribution >= 4 is 103 Å². The molecule has 0 unspecified atom stereocenters. The Bertz CT molecular complexity index is 5560. The minimum atomic E-state index is -4.43. The summed E-state index contributed by atoms with van der Waals surface area (Å²) in [5.41, 5.74) is 7.58. The van der Waals surface area contributed by atoms with Crippen molar-refractivity contribution in [3.05, 3.63) is 190 Å². The summed E-state index contributed by atoms with van der Waals surface area (Å²) in [5.74, 6) is -9.37. The molecule has 6 aromatic carbocycles. The lowest BCUT2D eigenvalue weighted by molar-refractivity contribution is -0.146. The first kappa shape index (κ1) is 101. The predicted molar refractivity (Wildman–Crippen MR) is 493 cm³/mol. The van der Waals surface area contributed by atoms with Gasteiger partial charge in [0, 0.05) is 70.2 Å². The van der Waals surface area contributed by atoms with Crippen LogP contribution in [0.25, 0.3) is 32.0 Å². The number of likely N-dealkylation sites (N-methyl/N-ethyl adjacent to an activating group) is 2. The number of azide groups is 1. The van der Waals surface area contributed by atoms with E-state index < -0.39 is 188 Å². The Morgan fingerprint density at radius 2 is 1.10 bits per heavy atom. The smallest absolute Gasteiger partial charge is 0.410 e. The molecule has 7 heterocycles. The van der Waals surface area contributed by atoms with Crippen LogP contribution in [0.4, 0.5) is 9.59 Å². The highest BCUT2D eigenvalue weighted by molar-refractivity contribution is 7.90. The third-order valence-corrected chi connectivity index (χ3v) is 24.8. The molecule has 6 aliphatic heterocycles. The Balaban J connectivity index is 1.02. The van der Waals surface area contributed by atoms with Crippen molar-refractivity contribution in [2.75, 3.05) is 53.2 Å². The van der Waals surface area contributed by atoms with Crippen LogP contribution in [-0.2, 0) is 104 Å². The first-order valence-electron chi connectivity index (χ1n) is 44.3. The SMILES string of the molecule is COC(=O)[C@@H]1Cc2ccc(cc2)OCc2cn(nn2)[C@H]2C[C@@H](C(=O)N[C@@H](Cc3ccc4ccccc4c3)C(=O)C[C@H](C(=O)NS(=O)(=O)CCCN=[N+]=[N-])Cc3ccc(cc3)OC/C=C/C[C@H]3C[C@@H](C(=O)N[C@@H](Cc4ccc5ccccc5c4)C(=O)N1)N(C(=O)[C@@H](NC(=O)[C@H](C)N(C)C(=O)OC(C)(C)C)C(C)(C)C)C3)N(C(=O)[C@@H](NC(=O)[C@H](C)N(C)C(=O)OC(C)(C)C)C(C)(C)C)C2. The molecule has 2 fully saturated rings. The molecule has 13 rings (SSSR count). The van der Waals surface area contributed by atoms with Crippen LogP contribution in [-0.4, -0.2) is 233 Å². The second-order valence-electron chi connectivity index (χ2n) is 38.3. The molecule has 0 radical (unpaired) electrons. The molecule has 6 N–H and O–H groups in total. The van der Waals surface area contributed by atoms with E-state index in [1.54, 1.807) is 150 Å². The van der Waals surface area contributed by atoms with E-state index in [1.165, 1.54) is 49.5 Å². The Hall–Kier alpha value is -13.0. The Morgan fingerprint density at radius 3 is 1.61 bits per heavy atom. The van der Waals surface area contributed by atoms with Crippen molar-refractivity contribution in [2.24, 2.45) is 27.8 Å². The minimum absolute atomic E-state index is 0.00571. The fourth-order valence-corrected chi connectivity index (χ4v) is 16.9. The summed E-state index contributed by atoms with van der Waals surface area (Å²) in [6.07, 6.45) is 2.37. The van der Waals surface area contributed by atoms with Gasteiger partial charge in [-0.3, -0.25) is 57.7 Å². The molecule has 6 aliphatic rings. The summed E-state index contributed by atoms with van der Waals surface area (Å²) in [6.45, 7) is 22.9. The van der Waals surface area contributed by atoms with Gasteiger partial charge in [0.05, 0.1) is 31.1 Å². The number of sulfonamides is 1. The summed E-state index contributed by atoms with van der Waals surface area (Å²) in [6, 6.07) is 26.7. The van der Waals surface area contributed by atoms with Gasteiger partial charge in [-0.2, -0.15) is 0 Å². The van der Waals surface area contributed by atoms with Gasteiger partial charge in [0.15, 0.2) is 5.78 Å². The largest absolute Gasteiger partial charge is 0.490 e. The van der Waals surface area contributed by atoms with E-state index in [0.717, 1.165) is 31.3 Å². The van der Waals surface area contributed by atoms with Gasteiger partial charge in [0.25, 0.3) is 0 Å². The summed E-state index contributed by atoms with van der Waals surface area (Å²) < 4.78 is 60.0. The number of carbonyl (C=O) groups excluding carboxylic acids is 12. The fourth-order valence-electron chi connectivity index (χ4n) is 15.9. The van der Waals surface area contributed by atoms with Gasteiger partial charge in [-0.1, -0.05) is 173 Å². The number of Topliss-reactive ketones (excluding diaryl/α,β-unsaturated/α-hetero) is 1. The zero-order valence-corrected chi connectivity index (χ0v) is 78.9. The normalized spacial score (nSPS) is 20.6. The Kier molecular flexibility index (Phi) is 33.6. The van der Waals surface area contributed by atoms with Gasteiger partial charge >= 0.3 is 18.2 Å². The van der Waals surface area contributed by atoms with Crippen LogP contribution in [0.15, 0.2) is 157 Å². The van der Waals surface area contributed by atoms with Gasteiger partial charge in [-0.25, -0.2) is 27.5 Å². The number of allylic oxidation sites excluding steroid dienone is 1. The standard InChI is InChI=1S/C96H124N16O19S/c1-58(108(15)91(123)130-95(9,10)11)82(114)102-80(93(3,4)5)88(120)110-54-64-25-22-23-43-128-72-38-32-60(33-39-72)45-69(84(116)105-132(125,126)44-24-42-98-106-97)52-79(113)74(49-62-30-36-65-26-18-20-28-67(65)46-62)99-87(119)78-53-71(56-111(78)89(121)81(94(6,7)8)103-83(115)59(2)109(16)92(124)131-96(12,13)14)112-55-70(104-107-112)57-129-73-40-34-61(35-41-73)48-76(90(122)127-17)101-85(117)75(100-86(118)77(110)51-64)50-63-31-37-66-27-19-21-29-68(66)47-63/h18-23,26-41,46-47,55,58-59,64,69,71,74-78,80-81H,24-25,42-45,48-54,56-57H2,1-17H3,(H,99,119)(H,100,118)(H,101,117)(H,102,114)(H,103,115)(H,105,116)/b23-22+/t58-,59-,64-,69+,71-,74-,75-,76-,77-,78-,80+,81+/m0/s1. The first-order chi connectivity index (χ1) is 62.1. The van der Waals surface area contributed by atoms with Crippen LogP contribution in [0.1, 0.15) is 163 Å². The van der Waals surface area contributed by atoms with Gasteiger partial charge in [0.1, 0.15) is 89.9 Å². The van der Waals surface area contributed by atoms with E-state index in [1.807, 2.05) is 84.9 Å². The van der Waals surface area contributed by atoms with Gasteiger partial charge < -0.3 is 60.1 Å². The number of fused-ring (bicyclic) bond motifs is 2. The monoisotopic (exact) mass is 1840 g/mol. The maximum Gasteiger partial charge on any atom is 0.410 e. The lowest BCUT2D eigenvalue weighted by Gasteiger charge is -2.37. The molecular formula is C96H124N16O19S. The summed E-state index contributed by atoms with van der Waals surface area (Å²) in [7, 11) is -0.463. The highest BCUT2D eigenvalue weighted by Gasteiger charge is 2.50. The molecule has 36 heteroatoms. The number of likely N-dealkylation sites (tertiary alicyclic amines) is 2. The molecule has 10 bridgehead atoms. The van der Waals surface area contributed by atoms with Crippen LogP contribution in [0.5, 0.6) is 11.5 Å². The quantitative estimate of drug-likeness (QED) is 0.00833. The number of nitrogens with one attached hydrogen (secondary N) is 6. The molecule has 0 saturated carbocycles. The van der Waals surface area contributed by atoms with E-state index in [0.29, 0.717) is 39.4 Å². The Labute approximate surface area is 769 Å². The minimum Gasteiger partial charge on any atom is -0.490 e. The average Bonchev–Trinajstić information content (AvgIpc) is 1.63. The van der Waals surface area contributed by atoms with Crippen molar-refractivity contribution in [3.63, 3.8) is 0 Å². The van der Waals surface area contributed by atoms with Crippen molar-refractivity contribution in [1.82, 2.24) is 65.9 Å². The van der Waals surface area contributed by atoms with Crippen molar-refractivity contribution < 1.29 is 89.6 Å². The van der Waals surface area contributed by atoms with Crippen LogP contribution >= 0.6 is 0 Å². The van der Waals surface area contributed by atoms with Crippen molar-refractivity contribution in [3.8, 4) is 11.5 Å². The molecule has 0 spiro atoms. The van der Waals surface area contributed by atoms with Crippen LogP contribution in [0.2, 0.25) is 0 Å². The number of esters is 1. The Morgan fingerprint density at radius 1 is 0.606 bits per heavy atom. The van der Waals surface area contributed by atoms with Crippen molar-refractivity contribution in [1.29, 1.82) is 0 Å². The van der Waals surface area contributed by atoms with E-state index in [-0.39, 0.29) is 84.2 Å². The molecule has 2 saturated heterocycles. The highest BCUT2D eigenvalue weighted by Crippen LogP contribution is 2.35. The number of amides is 10.